The monoisotopic (exact) mass is 540 g/mol. The molecule has 1 unspecified atom stereocenters. The molecule has 1 atom stereocenters. The Kier molecular flexibility index (Phi) is 18.7. The molecule has 0 saturated heterocycles. The van der Waals surface area contributed by atoms with Crippen LogP contribution in [0.5, 0.6) is 5.75 Å². The second-order valence-corrected chi connectivity index (χ2v) is 9.40. The van der Waals surface area contributed by atoms with Crippen LogP contribution in [0.15, 0.2) is 146 Å². The molecule has 4 heteroatoms. The quantitative estimate of drug-likeness (QED) is 0.0990. The molecule has 204 valence electrons. The molecule has 0 bridgehead atoms. The lowest BCUT2D eigenvalue weighted by Gasteiger charge is -2.07. The number of allylic oxidation sites excluding steroid dienone is 9. The highest BCUT2D eigenvalue weighted by Crippen LogP contribution is 2.21. The molecule has 0 aliphatic heterocycles. The fourth-order valence-electron chi connectivity index (χ4n) is 2.88. The summed E-state index contributed by atoms with van der Waals surface area (Å²) in [5, 5.41) is 0.580. The lowest BCUT2D eigenvalue weighted by Crippen LogP contribution is -2.10. The van der Waals surface area contributed by atoms with E-state index in [0.29, 0.717) is 17.8 Å². The van der Waals surface area contributed by atoms with Crippen LogP contribution in [0.2, 0.25) is 0 Å². The van der Waals surface area contributed by atoms with Crippen molar-refractivity contribution < 1.29 is 14.3 Å². The molecule has 0 amide bonds. The van der Waals surface area contributed by atoms with Crippen LogP contribution in [0.3, 0.4) is 0 Å². The Morgan fingerprint density at radius 2 is 1.59 bits per heavy atom. The van der Waals surface area contributed by atoms with E-state index < -0.39 is 5.97 Å². The third-order valence-electron chi connectivity index (χ3n) is 5.05. The average Bonchev–Trinajstić information content (AvgIpc) is 3.23. The van der Waals surface area contributed by atoms with Crippen molar-refractivity contribution in [3.63, 3.8) is 0 Å². The van der Waals surface area contributed by atoms with Crippen LogP contribution < -0.4 is 4.74 Å². The van der Waals surface area contributed by atoms with Crippen molar-refractivity contribution in [1.82, 2.24) is 0 Å². The molecule has 39 heavy (non-hydrogen) atoms. The lowest BCUT2D eigenvalue weighted by atomic mass is 10.1. The van der Waals surface area contributed by atoms with Crippen molar-refractivity contribution in [2.75, 3.05) is 19.5 Å². The highest BCUT2D eigenvalue weighted by Gasteiger charge is 1.99. The molecule has 0 spiro atoms. The number of hydrogen-bond acceptors (Lipinski definition) is 4. The summed E-state index contributed by atoms with van der Waals surface area (Å²) in [6.45, 7) is 11.7. The van der Waals surface area contributed by atoms with Gasteiger partial charge < -0.3 is 9.47 Å². The molecule has 0 N–H and O–H groups in total. The Hall–Kier alpha value is -3.98. The zero-order chi connectivity index (χ0) is 28.6. The minimum atomic E-state index is -0.437. The highest BCUT2D eigenvalue weighted by atomic mass is 32.2. The predicted molar refractivity (Wildman–Crippen MR) is 170 cm³/mol. The number of carbonyl (C=O) groups excluding carboxylic acids is 1. The average molecular weight is 541 g/mol. The molecule has 3 nitrogen and oxygen atoms in total. The second kappa shape index (κ2) is 22.0. The van der Waals surface area contributed by atoms with Crippen LogP contribution >= 0.6 is 11.8 Å². The van der Waals surface area contributed by atoms with Gasteiger partial charge in [-0.25, -0.2) is 4.79 Å². The summed E-state index contributed by atoms with van der Waals surface area (Å²) in [6.07, 6.45) is 25.3. The van der Waals surface area contributed by atoms with Crippen molar-refractivity contribution in [2.24, 2.45) is 5.92 Å². The van der Waals surface area contributed by atoms with Gasteiger partial charge in [0.2, 0.25) is 0 Å². The normalized spacial score (nSPS) is 12.4. The first-order valence-electron chi connectivity index (χ1n) is 12.8. The Bertz CT molecular complexity index is 1130. The second-order valence-electron chi connectivity index (χ2n) is 8.19. The molecule has 0 radical (unpaired) electrons. The van der Waals surface area contributed by atoms with Gasteiger partial charge in [0, 0.05) is 11.3 Å². The van der Waals surface area contributed by atoms with Crippen LogP contribution in [-0.2, 0) is 9.53 Å². The first-order valence-corrected chi connectivity index (χ1v) is 14.1. The molecular weight excluding hydrogens is 500 g/mol. The minimum absolute atomic E-state index is 0.214. The molecule has 0 saturated carbocycles. The summed E-state index contributed by atoms with van der Waals surface area (Å²) in [4.78, 5) is 10.8. The maximum atomic E-state index is 10.8. The number of hydrogen-bond donors (Lipinski definition) is 0. The first kappa shape index (κ1) is 33.0. The van der Waals surface area contributed by atoms with E-state index >= 15 is 0 Å². The van der Waals surface area contributed by atoms with Crippen molar-refractivity contribution in [3.05, 3.63) is 146 Å². The summed E-state index contributed by atoms with van der Waals surface area (Å²) in [5.74, 6) is 0.914. The van der Waals surface area contributed by atoms with Crippen molar-refractivity contribution in [3.8, 4) is 16.9 Å². The number of esters is 1. The topological polar surface area (TPSA) is 35.5 Å². The molecule has 0 heterocycles. The summed E-state index contributed by atoms with van der Waals surface area (Å²) < 4.78 is 10.3. The number of benzene rings is 2. The number of ether oxygens (including phenoxy) is 2. The fourth-order valence-corrected chi connectivity index (χ4v) is 3.12. The Morgan fingerprint density at radius 1 is 0.949 bits per heavy atom. The maximum absolute atomic E-state index is 10.8. The molecule has 0 aromatic heterocycles. The third-order valence-corrected chi connectivity index (χ3v) is 5.95. The predicted octanol–water partition coefficient (Wildman–Crippen LogP) is 8.96. The molecule has 1 aliphatic carbocycles. The summed E-state index contributed by atoms with van der Waals surface area (Å²) in [6, 6.07) is 17.9. The standard InChI is InChI=1S/C17H16O3.C10H14S.C8H10/c1-2-17(18)20-13-12-19-16-10-8-15(9-11-16)14-6-4-3-5-7-14;1-4-5-6-7-8-9-10(2)11-3;1-8-6-4-2-3-5-7-8/h2-11H,1,12-13H2;4-5,7-10H,1H2,2-3H3;2-8H,1H3/b;9-8-;. The molecule has 1 aliphatic rings. The zero-order valence-electron chi connectivity index (χ0n) is 23.2. The van der Waals surface area contributed by atoms with E-state index in [-0.39, 0.29) is 6.61 Å². The van der Waals surface area contributed by atoms with Gasteiger partial charge in [0.25, 0.3) is 0 Å². The summed E-state index contributed by atoms with van der Waals surface area (Å²) >= 11 is 1.82. The summed E-state index contributed by atoms with van der Waals surface area (Å²) in [5.41, 5.74) is 5.25. The van der Waals surface area contributed by atoms with Crippen LogP contribution in [0, 0.1) is 5.92 Å². The van der Waals surface area contributed by atoms with E-state index in [4.69, 9.17) is 9.47 Å². The van der Waals surface area contributed by atoms with Gasteiger partial charge in [0.1, 0.15) is 19.0 Å². The van der Waals surface area contributed by atoms with Crippen molar-refractivity contribution in [1.29, 1.82) is 0 Å². The molecule has 2 aromatic rings. The smallest absolute Gasteiger partial charge is 0.330 e. The van der Waals surface area contributed by atoms with Crippen molar-refractivity contribution in [2.45, 2.75) is 19.1 Å². The van der Waals surface area contributed by atoms with Gasteiger partial charge in [-0.05, 0) is 54.5 Å². The van der Waals surface area contributed by atoms with Gasteiger partial charge in [-0.2, -0.15) is 11.8 Å². The largest absolute Gasteiger partial charge is 0.490 e. The van der Waals surface area contributed by atoms with E-state index in [9.17, 15) is 4.79 Å². The number of carbonyl (C=O) groups is 1. The van der Waals surface area contributed by atoms with E-state index in [1.807, 2.05) is 78.5 Å². The van der Waals surface area contributed by atoms with Crippen molar-refractivity contribution >= 4 is 17.7 Å². The van der Waals surface area contributed by atoms with Gasteiger partial charge in [-0.3, -0.25) is 0 Å². The van der Waals surface area contributed by atoms with Gasteiger partial charge in [0.15, 0.2) is 0 Å². The van der Waals surface area contributed by atoms with Gasteiger partial charge in [-0.1, -0.05) is 117 Å². The molecule has 3 rings (SSSR count). The van der Waals surface area contributed by atoms with Crippen LogP contribution in [0.25, 0.3) is 11.1 Å². The van der Waals surface area contributed by atoms with Gasteiger partial charge >= 0.3 is 5.97 Å². The molecule has 0 fully saturated rings. The lowest BCUT2D eigenvalue weighted by molar-refractivity contribution is -0.138. The Labute approximate surface area is 239 Å². The Balaban J connectivity index is 0.000000335. The minimum Gasteiger partial charge on any atom is -0.490 e. The van der Waals surface area contributed by atoms with E-state index in [2.05, 4.69) is 81.5 Å². The van der Waals surface area contributed by atoms with Gasteiger partial charge in [0.05, 0.1) is 0 Å². The fraction of sp³-hybridized carbons (Fsp3) is 0.200. The van der Waals surface area contributed by atoms with Crippen LogP contribution in [0.1, 0.15) is 13.8 Å². The summed E-state index contributed by atoms with van der Waals surface area (Å²) in [7, 11) is 0. The first-order chi connectivity index (χ1) is 19.0. The van der Waals surface area contributed by atoms with Crippen LogP contribution in [0.4, 0.5) is 0 Å². The van der Waals surface area contributed by atoms with Crippen LogP contribution in [-0.4, -0.2) is 30.7 Å². The van der Waals surface area contributed by atoms with E-state index in [1.165, 1.54) is 5.56 Å². The van der Waals surface area contributed by atoms with E-state index in [1.54, 1.807) is 12.2 Å². The molecular formula is C35H40O3S. The number of thioether (sulfide) groups is 1. The van der Waals surface area contributed by atoms with Gasteiger partial charge in [-0.15, -0.1) is 5.73 Å². The molecule has 2 aromatic carbocycles. The highest BCUT2D eigenvalue weighted by molar-refractivity contribution is 7.99. The third kappa shape index (κ3) is 17.2. The maximum Gasteiger partial charge on any atom is 0.330 e. The zero-order valence-corrected chi connectivity index (χ0v) is 24.1. The van der Waals surface area contributed by atoms with E-state index in [0.717, 1.165) is 17.4 Å². The Morgan fingerprint density at radius 3 is 2.18 bits per heavy atom. The SMILES string of the molecule is C=CC(=O)OCCOc1ccc(-c2ccccc2)cc1.C=CC=C=C/C=C\C(C)SC.CC1C=CC=CC=C1. The number of rotatable bonds is 10.